The van der Waals surface area contributed by atoms with E-state index < -0.39 is 0 Å². The summed E-state index contributed by atoms with van der Waals surface area (Å²) in [6.45, 7) is 2.78. The molecule has 0 spiro atoms. The van der Waals surface area contributed by atoms with E-state index in [0.29, 0.717) is 6.61 Å². The number of aromatic amines is 1. The van der Waals surface area contributed by atoms with Gasteiger partial charge in [0, 0.05) is 13.5 Å². The Morgan fingerprint density at radius 2 is 2.29 bits per heavy atom. The van der Waals surface area contributed by atoms with Crippen LogP contribution in [-0.2, 0) is 11.2 Å². The van der Waals surface area contributed by atoms with Crippen molar-refractivity contribution in [2.75, 3.05) is 13.7 Å². The standard InChI is InChI=1S/C11H14N2O/c1-8-4-3-5-9-11(8)13-10(12-9)6-7-14-2/h3-5H,6-7H2,1-2H3,(H,12,13). The minimum absolute atomic E-state index is 0.707. The van der Waals surface area contributed by atoms with Crippen LogP contribution in [-0.4, -0.2) is 23.7 Å². The second-order valence-corrected chi connectivity index (χ2v) is 3.40. The van der Waals surface area contributed by atoms with Gasteiger partial charge in [-0.1, -0.05) is 12.1 Å². The third-order valence-corrected chi connectivity index (χ3v) is 2.31. The SMILES string of the molecule is COCCc1nc2c(C)cccc2[nH]1. The van der Waals surface area contributed by atoms with Gasteiger partial charge in [-0.05, 0) is 18.6 Å². The second kappa shape index (κ2) is 3.80. The fraction of sp³-hybridized carbons (Fsp3) is 0.364. The van der Waals surface area contributed by atoms with Gasteiger partial charge >= 0.3 is 0 Å². The largest absolute Gasteiger partial charge is 0.384 e. The van der Waals surface area contributed by atoms with Crippen LogP contribution < -0.4 is 0 Å². The van der Waals surface area contributed by atoms with Gasteiger partial charge in [0.15, 0.2) is 0 Å². The molecule has 2 rings (SSSR count). The highest BCUT2D eigenvalue weighted by molar-refractivity contribution is 5.78. The van der Waals surface area contributed by atoms with Crippen LogP contribution in [0.3, 0.4) is 0 Å². The zero-order valence-electron chi connectivity index (χ0n) is 8.50. The average molecular weight is 190 g/mol. The summed E-state index contributed by atoms with van der Waals surface area (Å²) >= 11 is 0. The first-order chi connectivity index (χ1) is 6.81. The molecular formula is C11H14N2O. The molecule has 0 aliphatic rings. The number of benzene rings is 1. The second-order valence-electron chi connectivity index (χ2n) is 3.40. The monoisotopic (exact) mass is 190 g/mol. The summed E-state index contributed by atoms with van der Waals surface area (Å²) in [6, 6.07) is 6.16. The first-order valence-corrected chi connectivity index (χ1v) is 4.74. The number of hydrogen-bond donors (Lipinski definition) is 1. The number of imidazole rings is 1. The van der Waals surface area contributed by atoms with E-state index in [-0.39, 0.29) is 0 Å². The van der Waals surface area contributed by atoms with Crippen molar-refractivity contribution in [1.29, 1.82) is 0 Å². The van der Waals surface area contributed by atoms with Crippen molar-refractivity contribution in [1.82, 2.24) is 9.97 Å². The molecule has 0 atom stereocenters. The van der Waals surface area contributed by atoms with Gasteiger partial charge < -0.3 is 9.72 Å². The van der Waals surface area contributed by atoms with Crippen LogP contribution in [0.25, 0.3) is 11.0 Å². The molecule has 14 heavy (non-hydrogen) atoms. The van der Waals surface area contributed by atoms with Gasteiger partial charge in [-0.2, -0.15) is 0 Å². The van der Waals surface area contributed by atoms with Gasteiger partial charge in [-0.3, -0.25) is 0 Å². The zero-order valence-corrected chi connectivity index (χ0v) is 8.50. The van der Waals surface area contributed by atoms with E-state index in [4.69, 9.17) is 4.74 Å². The van der Waals surface area contributed by atoms with Crippen LogP contribution in [0.5, 0.6) is 0 Å². The first kappa shape index (κ1) is 9.21. The van der Waals surface area contributed by atoms with Gasteiger partial charge in [0.2, 0.25) is 0 Å². The summed E-state index contributed by atoms with van der Waals surface area (Å²) in [6.07, 6.45) is 0.838. The fourth-order valence-electron chi connectivity index (χ4n) is 1.54. The van der Waals surface area contributed by atoms with Crippen LogP contribution in [0.2, 0.25) is 0 Å². The van der Waals surface area contributed by atoms with E-state index in [1.54, 1.807) is 7.11 Å². The Balaban J connectivity index is 2.36. The summed E-state index contributed by atoms with van der Waals surface area (Å²) in [7, 11) is 1.70. The molecule has 0 amide bonds. The maximum Gasteiger partial charge on any atom is 0.109 e. The highest BCUT2D eigenvalue weighted by Gasteiger charge is 2.03. The topological polar surface area (TPSA) is 37.9 Å². The molecule has 1 aromatic carbocycles. The molecule has 0 aliphatic heterocycles. The molecular weight excluding hydrogens is 176 g/mol. The zero-order chi connectivity index (χ0) is 9.97. The minimum atomic E-state index is 0.707. The molecule has 0 bridgehead atoms. The maximum absolute atomic E-state index is 5.01. The lowest BCUT2D eigenvalue weighted by Crippen LogP contribution is -1.95. The quantitative estimate of drug-likeness (QED) is 0.804. The molecule has 1 N–H and O–H groups in total. The van der Waals surface area contributed by atoms with E-state index in [2.05, 4.69) is 23.0 Å². The Morgan fingerprint density at radius 3 is 3.00 bits per heavy atom. The van der Waals surface area contributed by atoms with Crippen molar-refractivity contribution in [3.05, 3.63) is 29.6 Å². The van der Waals surface area contributed by atoms with E-state index in [0.717, 1.165) is 23.3 Å². The predicted molar refractivity (Wildman–Crippen MR) is 56.4 cm³/mol. The number of methoxy groups -OCH3 is 1. The third-order valence-electron chi connectivity index (χ3n) is 2.31. The third kappa shape index (κ3) is 1.63. The lowest BCUT2D eigenvalue weighted by Gasteiger charge is -1.92. The molecule has 3 heteroatoms. The molecule has 2 aromatic rings. The molecule has 0 aliphatic carbocycles. The van der Waals surface area contributed by atoms with E-state index in [1.807, 2.05) is 12.1 Å². The molecule has 74 valence electrons. The highest BCUT2D eigenvalue weighted by Crippen LogP contribution is 2.15. The number of rotatable bonds is 3. The van der Waals surface area contributed by atoms with Crippen LogP contribution in [0.4, 0.5) is 0 Å². The van der Waals surface area contributed by atoms with E-state index in [1.165, 1.54) is 5.56 Å². The van der Waals surface area contributed by atoms with E-state index >= 15 is 0 Å². The van der Waals surface area contributed by atoms with Crippen molar-refractivity contribution in [3.63, 3.8) is 0 Å². The van der Waals surface area contributed by atoms with Crippen molar-refractivity contribution in [2.45, 2.75) is 13.3 Å². The summed E-state index contributed by atoms with van der Waals surface area (Å²) in [4.78, 5) is 7.79. The molecule has 0 unspecified atom stereocenters. The maximum atomic E-state index is 5.01. The summed E-state index contributed by atoms with van der Waals surface area (Å²) in [5.74, 6) is 0.996. The molecule has 0 saturated carbocycles. The van der Waals surface area contributed by atoms with Gasteiger partial charge in [0.1, 0.15) is 5.82 Å². The summed E-state index contributed by atoms with van der Waals surface area (Å²) in [5.41, 5.74) is 3.39. The lowest BCUT2D eigenvalue weighted by atomic mass is 10.2. The number of aryl methyl sites for hydroxylation is 1. The smallest absolute Gasteiger partial charge is 0.109 e. The number of nitrogens with zero attached hydrogens (tertiary/aromatic N) is 1. The van der Waals surface area contributed by atoms with Crippen LogP contribution in [0.15, 0.2) is 18.2 Å². The van der Waals surface area contributed by atoms with Crippen LogP contribution in [0, 0.1) is 6.92 Å². The predicted octanol–water partition coefficient (Wildman–Crippen LogP) is 2.06. The van der Waals surface area contributed by atoms with Gasteiger partial charge in [0.25, 0.3) is 0 Å². The van der Waals surface area contributed by atoms with Crippen molar-refractivity contribution >= 4 is 11.0 Å². The van der Waals surface area contributed by atoms with Crippen molar-refractivity contribution in [2.24, 2.45) is 0 Å². The van der Waals surface area contributed by atoms with Crippen molar-refractivity contribution < 1.29 is 4.74 Å². The van der Waals surface area contributed by atoms with Crippen LogP contribution >= 0.6 is 0 Å². The van der Waals surface area contributed by atoms with E-state index in [9.17, 15) is 0 Å². The molecule has 0 radical (unpaired) electrons. The summed E-state index contributed by atoms with van der Waals surface area (Å²) in [5, 5.41) is 0. The van der Waals surface area contributed by atoms with Gasteiger partial charge in [0.05, 0.1) is 17.6 Å². The highest BCUT2D eigenvalue weighted by atomic mass is 16.5. The summed E-state index contributed by atoms with van der Waals surface area (Å²) < 4.78 is 5.01. The number of nitrogens with one attached hydrogen (secondary N) is 1. The van der Waals surface area contributed by atoms with Gasteiger partial charge in [-0.15, -0.1) is 0 Å². The average Bonchev–Trinajstić information content (AvgIpc) is 2.59. The Labute approximate surface area is 83.1 Å². The number of H-pyrrole nitrogens is 1. The number of ether oxygens (including phenoxy) is 1. The molecule has 0 saturated heterocycles. The Hall–Kier alpha value is -1.35. The van der Waals surface area contributed by atoms with Gasteiger partial charge in [-0.25, -0.2) is 4.98 Å². The Kier molecular flexibility index (Phi) is 2.50. The van der Waals surface area contributed by atoms with Crippen molar-refractivity contribution in [3.8, 4) is 0 Å². The lowest BCUT2D eigenvalue weighted by molar-refractivity contribution is 0.201. The minimum Gasteiger partial charge on any atom is -0.384 e. The number of hydrogen-bond acceptors (Lipinski definition) is 2. The number of aromatic nitrogens is 2. The Morgan fingerprint density at radius 1 is 1.43 bits per heavy atom. The molecule has 3 nitrogen and oxygen atoms in total. The number of fused-ring (bicyclic) bond motifs is 1. The molecule has 0 fully saturated rings. The Bertz CT molecular complexity index is 434. The first-order valence-electron chi connectivity index (χ1n) is 4.74. The van der Waals surface area contributed by atoms with Crippen LogP contribution in [0.1, 0.15) is 11.4 Å². The number of para-hydroxylation sites is 1. The molecule has 1 aromatic heterocycles. The molecule has 1 heterocycles. The normalized spacial score (nSPS) is 11.0. The fourth-order valence-corrected chi connectivity index (χ4v) is 1.54.